The van der Waals surface area contributed by atoms with Crippen molar-refractivity contribution in [1.82, 2.24) is 10.3 Å². The maximum atomic E-state index is 12.1. The third-order valence-corrected chi connectivity index (χ3v) is 3.07. The molecule has 1 amide bonds. The smallest absolute Gasteiger partial charge is 0.251 e. The second kappa shape index (κ2) is 6.28. The maximum Gasteiger partial charge on any atom is 0.251 e. The van der Waals surface area contributed by atoms with Gasteiger partial charge in [0.2, 0.25) is 0 Å². The highest BCUT2D eigenvalue weighted by Gasteiger charge is 2.14. The van der Waals surface area contributed by atoms with Crippen molar-refractivity contribution < 1.29 is 9.59 Å². The minimum absolute atomic E-state index is 0.228. The number of hydrogen-bond donors (Lipinski definition) is 1. The number of carbonyl (C=O) groups excluding carboxylic acids is 2. The molecule has 1 aromatic carbocycles. The Bertz CT molecular complexity index is 623. The Kier molecular flexibility index (Phi) is 4.45. The molecule has 2 aromatic rings. The van der Waals surface area contributed by atoms with Crippen LogP contribution in [0.1, 0.15) is 30.6 Å². The van der Waals surface area contributed by atoms with Crippen LogP contribution in [0.3, 0.4) is 0 Å². The lowest BCUT2D eigenvalue weighted by molar-refractivity contribution is -0.109. The lowest BCUT2D eigenvalue weighted by atomic mass is 10.0. The van der Waals surface area contributed by atoms with E-state index in [1.54, 1.807) is 18.3 Å². The van der Waals surface area contributed by atoms with Gasteiger partial charge < -0.3 is 10.1 Å². The molecule has 1 N–H and O–H groups in total. The molecule has 0 fully saturated rings. The number of fused-ring (bicyclic) bond motifs is 1. The first kappa shape index (κ1) is 14.2. The van der Waals surface area contributed by atoms with Crippen molar-refractivity contribution in [2.75, 3.05) is 0 Å². The van der Waals surface area contributed by atoms with Gasteiger partial charge in [0.05, 0.1) is 11.6 Å². The summed E-state index contributed by atoms with van der Waals surface area (Å²) >= 11 is 0. The van der Waals surface area contributed by atoms with E-state index in [2.05, 4.69) is 10.3 Å². The van der Waals surface area contributed by atoms with Crippen LogP contribution >= 0.6 is 0 Å². The molecule has 0 saturated carbocycles. The highest BCUT2D eigenvalue weighted by Crippen LogP contribution is 2.13. The van der Waals surface area contributed by atoms with Gasteiger partial charge in [-0.2, -0.15) is 0 Å². The number of nitrogens with zero attached hydrogens (tertiary/aromatic N) is 1. The Hall–Kier alpha value is -2.23. The Balaban J connectivity index is 2.16. The van der Waals surface area contributed by atoms with E-state index in [1.807, 2.05) is 32.0 Å². The monoisotopic (exact) mass is 270 g/mol. The minimum atomic E-state index is -0.438. The summed E-state index contributed by atoms with van der Waals surface area (Å²) in [6.07, 6.45) is 3.15. The molecule has 1 aromatic heterocycles. The molecular formula is C16H18N2O2. The SMILES string of the molecule is CC(C)C[C@H](C=O)NC(=O)c1ccc2ncccc2c1. The molecule has 0 saturated heterocycles. The number of amides is 1. The van der Waals surface area contributed by atoms with Crippen molar-refractivity contribution in [1.29, 1.82) is 0 Å². The third kappa shape index (κ3) is 3.41. The van der Waals surface area contributed by atoms with Gasteiger partial charge in [-0.15, -0.1) is 0 Å². The van der Waals surface area contributed by atoms with Gasteiger partial charge in [0.25, 0.3) is 5.91 Å². The third-order valence-electron chi connectivity index (χ3n) is 3.07. The van der Waals surface area contributed by atoms with Gasteiger partial charge in [0.15, 0.2) is 0 Å². The number of hydrogen-bond acceptors (Lipinski definition) is 3. The summed E-state index contributed by atoms with van der Waals surface area (Å²) in [6, 6.07) is 8.62. The fourth-order valence-electron chi connectivity index (χ4n) is 2.12. The predicted octanol–water partition coefficient (Wildman–Crippen LogP) is 2.58. The van der Waals surface area contributed by atoms with Gasteiger partial charge in [-0.05, 0) is 36.6 Å². The molecule has 4 nitrogen and oxygen atoms in total. The summed E-state index contributed by atoms with van der Waals surface area (Å²) in [4.78, 5) is 27.4. The average molecular weight is 270 g/mol. The average Bonchev–Trinajstić information content (AvgIpc) is 2.45. The first-order chi connectivity index (χ1) is 9.60. The van der Waals surface area contributed by atoms with Crippen LogP contribution in [-0.4, -0.2) is 23.2 Å². The van der Waals surface area contributed by atoms with E-state index in [1.165, 1.54) is 0 Å². The number of aldehydes is 1. The summed E-state index contributed by atoms with van der Waals surface area (Å²) in [5, 5.41) is 3.66. The van der Waals surface area contributed by atoms with Crippen LogP contribution in [0, 0.1) is 5.92 Å². The van der Waals surface area contributed by atoms with Crippen LogP contribution in [-0.2, 0) is 4.79 Å². The number of nitrogens with one attached hydrogen (secondary N) is 1. The maximum absolute atomic E-state index is 12.1. The number of carbonyl (C=O) groups is 2. The molecule has 2 rings (SSSR count). The van der Waals surface area contributed by atoms with Crippen LogP contribution in [0.25, 0.3) is 10.9 Å². The topological polar surface area (TPSA) is 59.1 Å². The Morgan fingerprint density at radius 2 is 2.15 bits per heavy atom. The molecule has 20 heavy (non-hydrogen) atoms. The van der Waals surface area contributed by atoms with Crippen LogP contribution in [0.5, 0.6) is 0 Å². The number of benzene rings is 1. The van der Waals surface area contributed by atoms with Crippen LogP contribution in [0.15, 0.2) is 36.5 Å². The molecule has 0 radical (unpaired) electrons. The van der Waals surface area contributed by atoms with E-state index < -0.39 is 6.04 Å². The normalized spacial score (nSPS) is 12.3. The Labute approximate surface area is 118 Å². The van der Waals surface area contributed by atoms with Crippen molar-refractivity contribution in [3.63, 3.8) is 0 Å². The highest BCUT2D eigenvalue weighted by molar-refractivity contribution is 5.98. The zero-order chi connectivity index (χ0) is 14.5. The molecular weight excluding hydrogens is 252 g/mol. The van der Waals surface area contributed by atoms with Gasteiger partial charge in [-0.3, -0.25) is 9.78 Å². The molecule has 4 heteroatoms. The molecule has 1 atom stereocenters. The molecule has 0 aliphatic carbocycles. The largest absolute Gasteiger partial charge is 0.343 e. The molecule has 0 aliphatic heterocycles. The van der Waals surface area contributed by atoms with Crippen molar-refractivity contribution in [3.8, 4) is 0 Å². The standard InChI is InChI=1S/C16H18N2O2/c1-11(2)8-14(10-19)18-16(20)13-5-6-15-12(9-13)4-3-7-17-15/h3-7,9-11,14H,8H2,1-2H3,(H,18,20)/t14-/m1/s1. The summed E-state index contributed by atoms with van der Waals surface area (Å²) in [6.45, 7) is 4.04. The molecule has 0 unspecified atom stereocenters. The van der Waals surface area contributed by atoms with Crippen molar-refractivity contribution in [2.24, 2.45) is 5.92 Å². The first-order valence-electron chi connectivity index (χ1n) is 6.71. The lowest BCUT2D eigenvalue weighted by Gasteiger charge is -2.15. The van der Waals surface area contributed by atoms with Gasteiger partial charge in [0, 0.05) is 17.1 Å². The number of pyridine rings is 1. The Morgan fingerprint density at radius 3 is 2.85 bits per heavy atom. The lowest BCUT2D eigenvalue weighted by Crippen LogP contribution is -2.36. The van der Waals surface area contributed by atoms with E-state index in [-0.39, 0.29) is 5.91 Å². The van der Waals surface area contributed by atoms with Gasteiger partial charge in [-0.1, -0.05) is 19.9 Å². The van der Waals surface area contributed by atoms with Gasteiger partial charge in [0.1, 0.15) is 6.29 Å². The summed E-state index contributed by atoms with van der Waals surface area (Å²) in [5.74, 6) is 0.125. The molecule has 104 valence electrons. The second-order valence-electron chi connectivity index (χ2n) is 5.26. The number of rotatable bonds is 5. The molecule has 0 aliphatic rings. The zero-order valence-electron chi connectivity index (χ0n) is 11.7. The fraction of sp³-hybridized carbons (Fsp3) is 0.312. The van der Waals surface area contributed by atoms with Crippen LogP contribution in [0.4, 0.5) is 0 Å². The van der Waals surface area contributed by atoms with Crippen molar-refractivity contribution in [2.45, 2.75) is 26.3 Å². The van der Waals surface area contributed by atoms with E-state index in [9.17, 15) is 9.59 Å². The van der Waals surface area contributed by atoms with Crippen molar-refractivity contribution >= 4 is 23.1 Å². The van der Waals surface area contributed by atoms with Crippen LogP contribution in [0.2, 0.25) is 0 Å². The second-order valence-corrected chi connectivity index (χ2v) is 5.26. The first-order valence-corrected chi connectivity index (χ1v) is 6.71. The zero-order valence-corrected chi connectivity index (χ0v) is 11.7. The Morgan fingerprint density at radius 1 is 1.35 bits per heavy atom. The van der Waals surface area contributed by atoms with E-state index in [4.69, 9.17) is 0 Å². The summed E-state index contributed by atoms with van der Waals surface area (Å²) in [7, 11) is 0. The fourth-order valence-corrected chi connectivity index (χ4v) is 2.12. The van der Waals surface area contributed by atoms with E-state index in [0.717, 1.165) is 17.2 Å². The minimum Gasteiger partial charge on any atom is -0.343 e. The number of aromatic nitrogens is 1. The van der Waals surface area contributed by atoms with Gasteiger partial charge >= 0.3 is 0 Å². The molecule has 1 heterocycles. The van der Waals surface area contributed by atoms with Crippen LogP contribution < -0.4 is 5.32 Å². The van der Waals surface area contributed by atoms with Crippen molar-refractivity contribution in [3.05, 3.63) is 42.1 Å². The summed E-state index contributed by atoms with van der Waals surface area (Å²) < 4.78 is 0. The predicted molar refractivity (Wildman–Crippen MR) is 78.5 cm³/mol. The quantitative estimate of drug-likeness (QED) is 0.849. The van der Waals surface area contributed by atoms with E-state index >= 15 is 0 Å². The molecule has 0 spiro atoms. The highest BCUT2D eigenvalue weighted by atomic mass is 16.2. The van der Waals surface area contributed by atoms with E-state index in [0.29, 0.717) is 17.9 Å². The molecule has 0 bridgehead atoms. The van der Waals surface area contributed by atoms with Gasteiger partial charge in [-0.25, -0.2) is 0 Å². The summed E-state index contributed by atoms with van der Waals surface area (Å²) in [5.41, 5.74) is 1.39.